The number of benzene rings is 1. The Morgan fingerprint density at radius 3 is 2.56 bits per heavy atom. The molecule has 0 aliphatic heterocycles. The topological polar surface area (TPSA) is 47.4 Å². The Labute approximate surface area is 158 Å². The predicted molar refractivity (Wildman–Crippen MR) is 101 cm³/mol. The molecule has 5 nitrogen and oxygen atoms in total. The van der Waals surface area contributed by atoms with E-state index in [-0.39, 0.29) is 5.78 Å². The van der Waals surface area contributed by atoms with Gasteiger partial charge < -0.3 is 9.64 Å². The van der Waals surface area contributed by atoms with Crippen LogP contribution in [0.2, 0.25) is 10.0 Å². The van der Waals surface area contributed by atoms with E-state index in [1.54, 1.807) is 36.9 Å². The number of likely N-dealkylation sites (N-methyl/N-ethyl adjacent to an activating group) is 1. The molecule has 1 aromatic heterocycles. The Morgan fingerprint density at radius 2 is 1.96 bits per heavy atom. The number of carbonyl (C=O) groups excluding carboxylic acids is 1. The van der Waals surface area contributed by atoms with Crippen LogP contribution in [0.1, 0.15) is 35.5 Å². The Bertz CT molecular complexity index is 755. The van der Waals surface area contributed by atoms with Crippen LogP contribution in [0.3, 0.4) is 0 Å². The zero-order valence-corrected chi connectivity index (χ0v) is 16.5. The molecule has 0 spiro atoms. The zero-order valence-electron chi connectivity index (χ0n) is 15.0. The Morgan fingerprint density at radius 1 is 1.28 bits per heavy atom. The highest BCUT2D eigenvalue weighted by atomic mass is 35.5. The second-order valence-electron chi connectivity index (χ2n) is 5.72. The maximum atomic E-state index is 13.0. The van der Waals surface area contributed by atoms with Crippen molar-refractivity contribution in [2.24, 2.45) is 7.05 Å². The fourth-order valence-electron chi connectivity index (χ4n) is 2.68. The minimum atomic E-state index is -0.217. The van der Waals surface area contributed by atoms with E-state index in [1.807, 2.05) is 0 Å². The molecule has 2 rings (SSSR count). The van der Waals surface area contributed by atoms with Crippen LogP contribution in [0.4, 0.5) is 0 Å². The average molecular weight is 384 g/mol. The number of carbonyl (C=O) groups is 1. The molecule has 0 saturated heterocycles. The number of aryl methyl sites for hydroxylation is 2. The van der Waals surface area contributed by atoms with Gasteiger partial charge >= 0.3 is 0 Å². The molecule has 0 radical (unpaired) electrons. The van der Waals surface area contributed by atoms with Gasteiger partial charge in [-0.2, -0.15) is 5.10 Å². The number of ether oxygens (including phenoxy) is 1. The maximum absolute atomic E-state index is 13.0. The zero-order chi connectivity index (χ0) is 18.6. The molecule has 0 aliphatic rings. The molecule has 25 heavy (non-hydrogen) atoms. The number of hydrogen-bond acceptors (Lipinski definition) is 4. The molecule has 136 valence electrons. The van der Waals surface area contributed by atoms with Crippen molar-refractivity contribution in [3.8, 4) is 5.88 Å². The van der Waals surface area contributed by atoms with E-state index < -0.39 is 0 Å². The summed E-state index contributed by atoms with van der Waals surface area (Å²) < 4.78 is 7.49. The van der Waals surface area contributed by atoms with E-state index in [2.05, 4.69) is 23.8 Å². The largest absolute Gasteiger partial charge is 0.476 e. The van der Waals surface area contributed by atoms with Crippen LogP contribution in [0.5, 0.6) is 5.88 Å². The molecule has 1 aromatic carbocycles. The lowest BCUT2D eigenvalue weighted by atomic mass is 10.0. The molecular weight excluding hydrogens is 361 g/mol. The summed E-state index contributed by atoms with van der Waals surface area (Å²) >= 11 is 12.1. The van der Waals surface area contributed by atoms with Crippen LogP contribution in [0, 0.1) is 6.92 Å². The summed E-state index contributed by atoms with van der Waals surface area (Å²) in [4.78, 5) is 15.2. The van der Waals surface area contributed by atoms with Gasteiger partial charge in [-0.1, -0.05) is 37.0 Å². The first-order valence-corrected chi connectivity index (χ1v) is 9.03. The third-order valence-corrected chi connectivity index (χ3v) is 4.66. The minimum Gasteiger partial charge on any atom is -0.476 e. The molecule has 2 aromatic rings. The van der Waals surface area contributed by atoms with Crippen molar-refractivity contribution in [3.05, 3.63) is 45.1 Å². The van der Waals surface area contributed by atoms with Gasteiger partial charge in [-0.25, -0.2) is 4.68 Å². The molecule has 0 bridgehead atoms. The SMILES string of the molecule is CCN(CC)CCOc1c(C(=O)c2ccc(Cl)cc2Cl)c(C)nn1C. The molecule has 0 unspecified atom stereocenters. The molecule has 1 heterocycles. The summed E-state index contributed by atoms with van der Waals surface area (Å²) in [5.41, 5.74) is 1.43. The lowest BCUT2D eigenvalue weighted by Gasteiger charge is -2.18. The minimum absolute atomic E-state index is 0.217. The van der Waals surface area contributed by atoms with Crippen molar-refractivity contribution < 1.29 is 9.53 Å². The smallest absolute Gasteiger partial charge is 0.223 e. The molecular formula is C18H23Cl2N3O2. The van der Waals surface area contributed by atoms with Gasteiger partial charge in [-0.15, -0.1) is 0 Å². The normalized spacial score (nSPS) is 11.2. The molecule has 0 aliphatic carbocycles. The molecule has 7 heteroatoms. The number of hydrogen-bond donors (Lipinski definition) is 0. The Balaban J connectivity index is 2.27. The van der Waals surface area contributed by atoms with Gasteiger partial charge in [0.05, 0.1) is 10.7 Å². The third kappa shape index (κ3) is 4.54. The molecule has 0 fully saturated rings. The fraction of sp³-hybridized carbons (Fsp3) is 0.444. The summed E-state index contributed by atoms with van der Waals surface area (Å²) in [6.07, 6.45) is 0. The van der Waals surface area contributed by atoms with Crippen molar-refractivity contribution in [1.82, 2.24) is 14.7 Å². The summed E-state index contributed by atoms with van der Waals surface area (Å²) in [6.45, 7) is 9.17. The first kappa shape index (κ1) is 19.8. The van der Waals surface area contributed by atoms with Crippen molar-refractivity contribution in [2.45, 2.75) is 20.8 Å². The number of aromatic nitrogens is 2. The van der Waals surface area contributed by atoms with Crippen LogP contribution >= 0.6 is 23.2 Å². The van der Waals surface area contributed by atoms with Crippen LogP contribution in [-0.4, -0.2) is 46.7 Å². The van der Waals surface area contributed by atoms with Crippen molar-refractivity contribution in [3.63, 3.8) is 0 Å². The highest BCUT2D eigenvalue weighted by Gasteiger charge is 2.24. The van der Waals surface area contributed by atoms with Crippen molar-refractivity contribution in [1.29, 1.82) is 0 Å². The number of ketones is 1. The first-order valence-electron chi connectivity index (χ1n) is 8.27. The van der Waals surface area contributed by atoms with E-state index in [4.69, 9.17) is 27.9 Å². The van der Waals surface area contributed by atoms with Gasteiger partial charge in [0.2, 0.25) is 11.7 Å². The lowest BCUT2D eigenvalue weighted by molar-refractivity contribution is 0.103. The molecule has 0 amide bonds. The van der Waals surface area contributed by atoms with Crippen LogP contribution in [0.15, 0.2) is 18.2 Å². The van der Waals surface area contributed by atoms with E-state index in [0.29, 0.717) is 39.4 Å². The highest BCUT2D eigenvalue weighted by Crippen LogP contribution is 2.29. The predicted octanol–water partition coefficient (Wildman–Crippen LogP) is 3.99. The second kappa shape index (κ2) is 8.70. The summed E-state index contributed by atoms with van der Waals surface area (Å²) in [5.74, 6) is 0.241. The van der Waals surface area contributed by atoms with E-state index >= 15 is 0 Å². The standard InChI is InChI=1S/C18H23Cl2N3O2/c1-5-23(6-2)9-10-25-18-16(12(3)21-22(18)4)17(24)14-8-7-13(19)11-15(14)20/h7-8,11H,5-6,9-10H2,1-4H3. The van der Waals surface area contributed by atoms with Crippen LogP contribution in [0.25, 0.3) is 0 Å². The summed E-state index contributed by atoms with van der Waals surface area (Å²) in [7, 11) is 1.76. The van der Waals surface area contributed by atoms with Gasteiger partial charge in [0.25, 0.3) is 0 Å². The van der Waals surface area contributed by atoms with Gasteiger partial charge in [-0.05, 0) is 38.2 Å². The Hall–Kier alpha value is -1.56. The molecule has 0 N–H and O–H groups in total. The van der Waals surface area contributed by atoms with Crippen molar-refractivity contribution >= 4 is 29.0 Å². The van der Waals surface area contributed by atoms with E-state index in [9.17, 15) is 4.79 Å². The maximum Gasteiger partial charge on any atom is 0.223 e. The summed E-state index contributed by atoms with van der Waals surface area (Å²) in [5, 5.41) is 5.13. The number of nitrogens with zero attached hydrogens (tertiary/aromatic N) is 3. The molecule has 0 atom stereocenters. The van der Waals surface area contributed by atoms with E-state index in [1.165, 1.54) is 0 Å². The number of rotatable bonds is 8. The summed E-state index contributed by atoms with van der Waals surface area (Å²) in [6, 6.07) is 4.83. The van der Waals surface area contributed by atoms with Gasteiger partial charge in [0.1, 0.15) is 12.2 Å². The Kier molecular flexibility index (Phi) is 6.87. The lowest BCUT2D eigenvalue weighted by Crippen LogP contribution is -2.28. The van der Waals surface area contributed by atoms with Crippen LogP contribution in [-0.2, 0) is 7.05 Å². The fourth-order valence-corrected chi connectivity index (χ4v) is 3.18. The molecule has 0 saturated carbocycles. The van der Waals surface area contributed by atoms with Gasteiger partial charge in [-0.3, -0.25) is 4.79 Å². The monoisotopic (exact) mass is 383 g/mol. The second-order valence-corrected chi connectivity index (χ2v) is 6.56. The van der Waals surface area contributed by atoms with Crippen molar-refractivity contribution in [2.75, 3.05) is 26.2 Å². The number of halogens is 2. The van der Waals surface area contributed by atoms with Gasteiger partial charge in [0, 0.05) is 24.2 Å². The van der Waals surface area contributed by atoms with Gasteiger partial charge in [0.15, 0.2) is 0 Å². The highest BCUT2D eigenvalue weighted by molar-refractivity contribution is 6.37. The third-order valence-electron chi connectivity index (χ3n) is 4.11. The average Bonchev–Trinajstić information content (AvgIpc) is 2.84. The first-order chi connectivity index (χ1) is 11.9. The van der Waals surface area contributed by atoms with E-state index in [0.717, 1.165) is 19.6 Å². The van der Waals surface area contributed by atoms with Crippen LogP contribution < -0.4 is 4.74 Å². The quantitative estimate of drug-likeness (QED) is 0.646.